The van der Waals surface area contributed by atoms with Crippen LogP contribution in [0.2, 0.25) is 0 Å². The van der Waals surface area contributed by atoms with Gasteiger partial charge in [0.2, 0.25) is 0 Å². The van der Waals surface area contributed by atoms with Gasteiger partial charge < -0.3 is 14.8 Å². The van der Waals surface area contributed by atoms with Crippen LogP contribution in [0.4, 0.5) is 5.69 Å². The number of amides is 1. The van der Waals surface area contributed by atoms with Crippen molar-refractivity contribution in [3.05, 3.63) is 67.0 Å². The zero-order valence-electron chi connectivity index (χ0n) is 13.9. The van der Waals surface area contributed by atoms with Crippen molar-refractivity contribution in [2.45, 2.75) is 6.92 Å². The number of rotatable bonds is 7. The SMILES string of the molecule is CCOc1ccc(OCC(=O)Nc2ccc(-n3cccn3)cc2)cc1. The fourth-order valence-corrected chi connectivity index (χ4v) is 2.26. The number of benzene rings is 2. The van der Waals surface area contributed by atoms with Crippen molar-refractivity contribution in [2.75, 3.05) is 18.5 Å². The van der Waals surface area contributed by atoms with Crippen molar-refractivity contribution in [1.82, 2.24) is 9.78 Å². The summed E-state index contributed by atoms with van der Waals surface area (Å²) >= 11 is 0. The molecule has 6 nitrogen and oxygen atoms in total. The third kappa shape index (κ3) is 4.60. The molecule has 0 saturated heterocycles. The molecule has 3 rings (SSSR count). The molecule has 0 bridgehead atoms. The van der Waals surface area contributed by atoms with E-state index in [1.807, 2.05) is 55.6 Å². The van der Waals surface area contributed by atoms with Crippen LogP contribution in [0.3, 0.4) is 0 Å². The highest BCUT2D eigenvalue weighted by atomic mass is 16.5. The van der Waals surface area contributed by atoms with E-state index >= 15 is 0 Å². The number of ether oxygens (including phenoxy) is 2. The summed E-state index contributed by atoms with van der Waals surface area (Å²) in [6.07, 6.45) is 3.58. The van der Waals surface area contributed by atoms with Gasteiger partial charge in [-0.1, -0.05) is 0 Å². The third-order valence-electron chi connectivity index (χ3n) is 3.42. The Morgan fingerprint density at radius 1 is 1.04 bits per heavy atom. The lowest BCUT2D eigenvalue weighted by Gasteiger charge is -2.09. The van der Waals surface area contributed by atoms with Gasteiger partial charge >= 0.3 is 0 Å². The molecule has 0 atom stereocenters. The Kier molecular flexibility index (Phi) is 5.31. The molecule has 0 aliphatic heterocycles. The van der Waals surface area contributed by atoms with E-state index in [0.29, 0.717) is 18.0 Å². The zero-order chi connectivity index (χ0) is 17.5. The zero-order valence-corrected chi connectivity index (χ0v) is 13.9. The normalized spacial score (nSPS) is 10.3. The molecule has 1 aromatic heterocycles. The van der Waals surface area contributed by atoms with Gasteiger partial charge in [-0.25, -0.2) is 4.68 Å². The lowest BCUT2D eigenvalue weighted by molar-refractivity contribution is -0.118. The number of hydrogen-bond acceptors (Lipinski definition) is 4. The lowest BCUT2D eigenvalue weighted by atomic mass is 10.3. The number of nitrogens with zero attached hydrogens (tertiary/aromatic N) is 2. The highest BCUT2D eigenvalue weighted by Gasteiger charge is 2.05. The number of carbonyl (C=O) groups excluding carboxylic acids is 1. The highest BCUT2D eigenvalue weighted by Crippen LogP contribution is 2.17. The molecular formula is C19H19N3O3. The average Bonchev–Trinajstić information content (AvgIpc) is 3.17. The smallest absolute Gasteiger partial charge is 0.262 e. The summed E-state index contributed by atoms with van der Waals surface area (Å²) in [6, 6.07) is 16.4. The Morgan fingerprint density at radius 3 is 2.32 bits per heavy atom. The van der Waals surface area contributed by atoms with Crippen molar-refractivity contribution in [3.63, 3.8) is 0 Å². The van der Waals surface area contributed by atoms with Crippen LogP contribution in [-0.2, 0) is 4.79 Å². The van der Waals surface area contributed by atoms with E-state index in [9.17, 15) is 4.79 Å². The first-order chi connectivity index (χ1) is 12.2. The van der Waals surface area contributed by atoms with E-state index in [-0.39, 0.29) is 12.5 Å². The van der Waals surface area contributed by atoms with Gasteiger partial charge in [0.1, 0.15) is 11.5 Å². The van der Waals surface area contributed by atoms with Crippen molar-refractivity contribution < 1.29 is 14.3 Å². The minimum absolute atomic E-state index is 0.0606. The maximum atomic E-state index is 12.0. The van der Waals surface area contributed by atoms with Crippen molar-refractivity contribution in [1.29, 1.82) is 0 Å². The molecule has 0 aliphatic rings. The van der Waals surface area contributed by atoms with Gasteiger partial charge in [0.05, 0.1) is 12.3 Å². The summed E-state index contributed by atoms with van der Waals surface area (Å²) in [5.74, 6) is 1.17. The van der Waals surface area contributed by atoms with Crippen LogP contribution in [0.5, 0.6) is 11.5 Å². The average molecular weight is 337 g/mol. The largest absolute Gasteiger partial charge is 0.494 e. The molecule has 1 heterocycles. The molecule has 128 valence electrons. The molecule has 6 heteroatoms. The lowest BCUT2D eigenvalue weighted by Crippen LogP contribution is -2.20. The molecular weight excluding hydrogens is 318 g/mol. The second-order valence-electron chi connectivity index (χ2n) is 5.24. The summed E-state index contributed by atoms with van der Waals surface area (Å²) < 4.78 is 12.6. The summed E-state index contributed by atoms with van der Waals surface area (Å²) in [5, 5.41) is 6.96. The van der Waals surface area contributed by atoms with E-state index in [4.69, 9.17) is 9.47 Å². The van der Waals surface area contributed by atoms with Crippen LogP contribution in [0.15, 0.2) is 67.0 Å². The molecule has 0 aliphatic carbocycles. The second-order valence-corrected chi connectivity index (χ2v) is 5.24. The van der Waals surface area contributed by atoms with Gasteiger partial charge in [-0.3, -0.25) is 4.79 Å². The minimum Gasteiger partial charge on any atom is -0.494 e. The van der Waals surface area contributed by atoms with E-state index in [0.717, 1.165) is 11.4 Å². The summed E-state index contributed by atoms with van der Waals surface area (Å²) in [5.41, 5.74) is 1.63. The number of hydrogen-bond donors (Lipinski definition) is 1. The van der Waals surface area contributed by atoms with Crippen LogP contribution in [0.1, 0.15) is 6.92 Å². The monoisotopic (exact) mass is 337 g/mol. The van der Waals surface area contributed by atoms with Crippen molar-refractivity contribution >= 4 is 11.6 Å². The Balaban J connectivity index is 1.50. The molecule has 0 spiro atoms. The third-order valence-corrected chi connectivity index (χ3v) is 3.42. The van der Waals surface area contributed by atoms with Crippen LogP contribution >= 0.6 is 0 Å². The van der Waals surface area contributed by atoms with Gasteiger partial charge in [0, 0.05) is 18.1 Å². The molecule has 1 amide bonds. The number of anilines is 1. The van der Waals surface area contributed by atoms with Crippen LogP contribution in [0, 0.1) is 0 Å². The summed E-state index contributed by atoms with van der Waals surface area (Å²) in [6.45, 7) is 2.48. The van der Waals surface area contributed by atoms with Crippen molar-refractivity contribution in [2.24, 2.45) is 0 Å². The predicted octanol–water partition coefficient (Wildman–Crippen LogP) is 3.29. The molecule has 0 radical (unpaired) electrons. The Labute approximate surface area is 146 Å². The first-order valence-corrected chi connectivity index (χ1v) is 8.00. The maximum Gasteiger partial charge on any atom is 0.262 e. The molecule has 0 unspecified atom stereocenters. The Bertz CT molecular complexity index is 797. The van der Waals surface area contributed by atoms with Gasteiger partial charge in [-0.15, -0.1) is 0 Å². The molecule has 0 saturated carbocycles. The van der Waals surface area contributed by atoms with Crippen LogP contribution < -0.4 is 14.8 Å². The van der Waals surface area contributed by atoms with Gasteiger partial charge in [-0.05, 0) is 61.5 Å². The number of carbonyl (C=O) groups is 1. The molecule has 1 N–H and O–H groups in total. The molecule has 25 heavy (non-hydrogen) atoms. The van der Waals surface area contributed by atoms with E-state index in [2.05, 4.69) is 10.4 Å². The van der Waals surface area contributed by atoms with E-state index in [1.165, 1.54) is 0 Å². The van der Waals surface area contributed by atoms with Gasteiger partial charge in [0.15, 0.2) is 6.61 Å². The Hall–Kier alpha value is -3.28. The molecule has 0 fully saturated rings. The first kappa shape index (κ1) is 16.6. The van der Waals surface area contributed by atoms with Gasteiger partial charge in [-0.2, -0.15) is 5.10 Å². The van der Waals surface area contributed by atoms with Crippen molar-refractivity contribution in [3.8, 4) is 17.2 Å². The molecule has 2 aromatic carbocycles. The van der Waals surface area contributed by atoms with Crippen LogP contribution in [0.25, 0.3) is 5.69 Å². The van der Waals surface area contributed by atoms with Gasteiger partial charge in [0.25, 0.3) is 5.91 Å². The fraction of sp³-hybridized carbons (Fsp3) is 0.158. The summed E-state index contributed by atoms with van der Waals surface area (Å²) in [7, 11) is 0. The standard InChI is InChI=1S/C19H19N3O3/c1-2-24-17-8-10-18(11-9-17)25-14-19(23)21-15-4-6-16(7-5-15)22-13-3-12-20-22/h3-13H,2,14H2,1H3,(H,21,23). The fourth-order valence-electron chi connectivity index (χ4n) is 2.26. The number of nitrogens with one attached hydrogen (secondary N) is 1. The second kappa shape index (κ2) is 8.01. The Morgan fingerprint density at radius 2 is 1.72 bits per heavy atom. The predicted molar refractivity (Wildman–Crippen MR) is 95.3 cm³/mol. The number of aromatic nitrogens is 2. The summed E-state index contributed by atoms with van der Waals surface area (Å²) in [4.78, 5) is 12.0. The van der Waals surface area contributed by atoms with E-state index in [1.54, 1.807) is 23.0 Å². The topological polar surface area (TPSA) is 65.4 Å². The van der Waals surface area contributed by atoms with E-state index < -0.39 is 0 Å². The minimum atomic E-state index is -0.222. The maximum absolute atomic E-state index is 12.0. The quantitative estimate of drug-likeness (QED) is 0.718. The highest BCUT2D eigenvalue weighted by molar-refractivity contribution is 5.91. The molecule has 3 aromatic rings. The first-order valence-electron chi connectivity index (χ1n) is 8.00. The van der Waals surface area contributed by atoms with Crippen LogP contribution in [-0.4, -0.2) is 28.9 Å².